The smallest absolute Gasteiger partial charge is 0.335 e. The van der Waals surface area contributed by atoms with Crippen LogP contribution in [0.25, 0.3) is 0 Å². The molecule has 2 heterocycles. The van der Waals surface area contributed by atoms with E-state index in [-0.39, 0.29) is 18.4 Å². The van der Waals surface area contributed by atoms with Crippen LogP contribution in [0, 0.1) is 20.8 Å². The number of carbonyl (C=O) groups excluding carboxylic acids is 1. The van der Waals surface area contributed by atoms with Crippen LogP contribution in [0.3, 0.4) is 0 Å². The van der Waals surface area contributed by atoms with Gasteiger partial charge < -0.3 is 10.0 Å². The van der Waals surface area contributed by atoms with E-state index in [0.29, 0.717) is 18.7 Å². The standard InChI is InChI=1S/C19H23N3O3/c1-12-13(2)20-22(14(12)3)11-18(23)21-9-8-15(10-21)16-6-4-5-7-17(16)19(24)25/h4-7,15H,8-11H2,1-3H3,(H,24,25)/t15-/m0/s1. The second kappa shape index (κ2) is 6.70. The quantitative estimate of drug-likeness (QED) is 0.927. The molecule has 0 bridgehead atoms. The highest BCUT2D eigenvalue weighted by Gasteiger charge is 2.30. The number of aryl methyl sites for hydroxylation is 1. The summed E-state index contributed by atoms with van der Waals surface area (Å²) >= 11 is 0. The molecule has 1 saturated heterocycles. The average Bonchev–Trinajstić information content (AvgIpc) is 3.17. The number of benzene rings is 1. The molecule has 25 heavy (non-hydrogen) atoms. The molecule has 1 atom stereocenters. The summed E-state index contributed by atoms with van der Waals surface area (Å²) in [5.41, 5.74) is 4.21. The molecule has 6 nitrogen and oxygen atoms in total. The number of aromatic nitrogens is 2. The summed E-state index contributed by atoms with van der Waals surface area (Å²) in [7, 11) is 0. The summed E-state index contributed by atoms with van der Waals surface area (Å²) in [4.78, 5) is 25.9. The van der Waals surface area contributed by atoms with Crippen molar-refractivity contribution in [2.75, 3.05) is 13.1 Å². The third kappa shape index (κ3) is 3.29. The Bertz CT molecular complexity index is 825. The maximum absolute atomic E-state index is 12.6. The van der Waals surface area contributed by atoms with E-state index >= 15 is 0 Å². The lowest BCUT2D eigenvalue weighted by Crippen LogP contribution is -2.32. The monoisotopic (exact) mass is 341 g/mol. The molecule has 0 saturated carbocycles. The minimum atomic E-state index is -0.918. The molecule has 1 amide bonds. The Morgan fingerprint density at radius 3 is 2.60 bits per heavy atom. The Balaban J connectivity index is 1.71. The van der Waals surface area contributed by atoms with Gasteiger partial charge in [0.1, 0.15) is 6.54 Å². The van der Waals surface area contributed by atoms with Gasteiger partial charge in [0.2, 0.25) is 5.91 Å². The zero-order valence-corrected chi connectivity index (χ0v) is 14.8. The lowest BCUT2D eigenvalue weighted by atomic mass is 9.93. The molecule has 1 aromatic heterocycles. The third-order valence-corrected chi connectivity index (χ3v) is 5.20. The third-order valence-electron chi connectivity index (χ3n) is 5.20. The zero-order chi connectivity index (χ0) is 18.1. The van der Waals surface area contributed by atoms with Crippen LogP contribution in [0.5, 0.6) is 0 Å². The van der Waals surface area contributed by atoms with E-state index in [2.05, 4.69) is 5.10 Å². The fraction of sp³-hybridized carbons (Fsp3) is 0.421. The van der Waals surface area contributed by atoms with Crippen molar-refractivity contribution < 1.29 is 14.7 Å². The van der Waals surface area contributed by atoms with Gasteiger partial charge in [-0.3, -0.25) is 9.48 Å². The van der Waals surface area contributed by atoms with Crippen molar-refractivity contribution in [1.82, 2.24) is 14.7 Å². The van der Waals surface area contributed by atoms with Crippen LogP contribution >= 0.6 is 0 Å². The summed E-state index contributed by atoms with van der Waals surface area (Å²) in [6.07, 6.45) is 0.784. The average molecular weight is 341 g/mol. The number of aromatic carboxylic acids is 1. The molecule has 0 radical (unpaired) electrons. The summed E-state index contributed by atoms with van der Waals surface area (Å²) in [5.74, 6) is -0.821. The topological polar surface area (TPSA) is 75.4 Å². The van der Waals surface area contributed by atoms with Gasteiger partial charge in [-0.05, 0) is 44.4 Å². The van der Waals surface area contributed by atoms with Gasteiger partial charge in [0.25, 0.3) is 0 Å². The minimum absolute atomic E-state index is 0.0286. The fourth-order valence-corrected chi connectivity index (χ4v) is 3.46. The van der Waals surface area contributed by atoms with Gasteiger partial charge in [0.15, 0.2) is 0 Å². The number of amides is 1. The first kappa shape index (κ1) is 17.2. The molecular weight excluding hydrogens is 318 g/mol. The lowest BCUT2D eigenvalue weighted by Gasteiger charge is -2.18. The van der Waals surface area contributed by atoms with Crippen LogP contribution in [0.2, 0.25) is 0 Å². The number of carboxylic acid groups (broad SMARTS) is 1. The molecule has 0 aliphatic carbocycles. The van der Waals surface area contributed by atoms with Gasteiger partial charge in [-0.2, -0.15) is 5.10 Å². The van der Waals surface area contributed by atoms with Crippen molar-refractivity contribution in [3.63, 3.8) is 0 Å². The van der Waals surface area contributed by atoms with E-state index in [0.717, 1.165) is 28.9 Å². The van der Waals surface area contributed by atoms with Crippen LogP contribution in [0.15, 0.2) is 24.3 Å². The van der Waals surface area contributed by atoms with E-state index in [9.17, 15) is 14.7 Å². The van der Waals surface area contributed by atoms with E-state index in [1.165, 1.54) is 0 Å². The number of hydrogen-bond donors (Lipinski definition) is 1. The summed E-state index contributed by atoms with van der Waals surface area (Å²) in [6.45, 7) is 7.36. The molecular formula is C19H23N3O3. The Morgan fingerprint density at radius 2 is 1.96 bits per heavy atom. The molecule has 6 heteroatoms. The second-order valence-corrected chi connectivity index (χ2v) is 6.67. The van der Waals surface area contributed by atoms with E-state index in [1.807, 2.05) is 37.8 Å². The summed E-state index contributed by atoms with van der Waals surface area (Å²) in [6, 6.07) is 7.06. The van der Waals surface area contributed by atoms with Crippen molar-refractivity contribution in [2.24, 2.45) is 0 Å². The molecule has 0 unspecified atom stereocenters. The van der Waals surface area contributed by atoms with E-state index < -0.39 is 5.97 Å². The number of rotatable bonds is 4. The molecule has 1 aromatic carbocycles. The van der Waals surface area contributed by atoms with Crippen LogP contribution < -0.4 is 0 Å². The van der Waals surface area contributed by atoms with Crippen molar-refractivity contribution >= 4 is 11.9 Å². The number of carboxylic acids is 1. The molecule has 1 N–H and O–H groups in total. The van der Waals surface area contributed by atoms with Gasteiger partial charge >= 0.3 is 5.97 Å². The molecule has 132 valence electrons. The Kier molecular flexibility index (Phi) is 4.61. The van der Waals surface area contributed by atoms with Crippen molar-refractivity contribution in [3.8, 4) is 0 Å². The zero-order valence-electron chi connectivity index (χ0n) is 14.8. The Morgan fingerprint density at radius 1 is 1.24 bits per heavy atom. The van der Waals surface area contributed by atoms with Gasteiger partial charge in [-0.1, -0.05) is 18.2 Å². The fourth-order valence-electron chi connectivity index (χ4n) is 3.46. The number of hydrogen-bond acceptors (Lipinski definition) is 3. The predicted molar refractivity (Wildman–Crippen MR) is 93.8 cm³/mol. The molecule has 1 aliphatic heterocycles. The van der Waals surface area contributed by atoms with Gasteiger partial charge in [-0.25, -0.2) is 4.79 Å². The highest BCUT2D eigenvalue weighted by atomic mass is 16.4. The number of likely N-dealkylation sites (tertiary alicyclic amines) is 1. The molecule has 1 aliphatic rings. The summed E-state index contributed by atoms with van der Waals surface area (Å²) in [5, 5.41) is 13.8. The van der Waals surface area contributed by atoms with Gasteiger partial charge in [0.05, 0.1) is 11.3 Å². The number of carbonyl (C=O) groups is 2. The normalized spacial score (nSPS) is 17.1. The first-order chi connectivity index (χ1) is 11.9. The van der Waals surface area contributed by atoms with E-state index in [4.69, 9.17) is 0 Å². The largest absolute Gasteiger partial charge is 0.478 e. The molecule has 2 aromatic rings. The highest BCUT2D eigenvalue weighted by Crippen LogP contribution is 2.30. The van der Waals surface area contributed by atoms with Gasteiger partial charge in [0, 0.05) is 24.7 Å². The Hall–Kier alpha value is -2.63. The molecule has 0 spiro atoms. The van der Waals surface area contributed by atoms with Crippen molar-refractivity contribution in [3.05, 3.63) is 52.3 Å². The van der Waals surface area contributed by atoms with E-state index in [1.54, 1.807) is 16.8 Å². The first-order valence-electron chi connectivity index (χ1n) is 8.49. The Labute approximate surface area is 147 Å². The predicted octanol–water partition coefficient (Wildman–Crippen LogP) is 2.52. The second-order valence-electron chi connectivity index (χ2n) is 6.67. The highest BCUT2D eigenvalue weighted by molar-refractivity contribution is 5.89. The van der Waals surface area contributed by atoms with Crippen molar-refractivity contribution in [2.45, 2.75) is 39.7 Å². The van der Waals surface area contributed by atoms with Crippen LogP contribution in [-0.4, -0.2) is 44.8 Å². The maximum atomic E-state index is 12.6. The van der Waals surface area contributed by atoms with Crippen LogP contribution in [-0.2, 0) is 11.3 Å². The lowest BCUT2D eigenvalue weighted by molar-refractivity contribution is -0.131. The van der Waals surface area contributed by atoms with Crippen molar-refractivity contribution in [1.29, 1.82) is 0 Å². The SMILES string of the molecule is Cc1nn(CC(=O)N2CC[C@H](c3ccccc3C(=O)O)C2)c(C)c1C. The van der Waals surface area contributed by atoms with Crippen LogP contribution in [0.4, 0.5) is 0 Å². The minimum Gasteiger partial charge on any atom is -0.478 e. The maximum Gasteiger partial charge on any atom is 0.335 e. The first-order valence-corrected chi connectivity index (χ1v) is 8.49. The molecule has 1 fully saturated rings. The van der Waals surface area contributed by atoms with Crippen LogP contribution in [0.1, 0.15) is 45.2 Å². The molecule has 3 rings (SSSR count). The summed E-state index contributed by atoms with van der Waals surface area (Å²) < 4.78 is 1.76. The number of nitrogens with zero attached hydrogens (tertiary/aromatic N) is 3. The van der Waals surface area contributed by atoms with Gasteiger partial charge in [-0.15, -0.1) is 0 Å².